The van der Waals surface area contributed by atoms with E-state index in [0.29, 0.717) is 0 Å². The van der Waals surface area contributed by atoms with Gasteiger partial charge in [-0.15, -0.1) is 0 Å². The van der Waals surface area contributed by atoms with Gasteiger partial charge in [0.2, 0.25) is 0 Å². The molecule has 4 nitrogen and oxygen atoms in total. The number of hydrogen-bond acceptors (Lipinski definition) is 3. The zero-order valence-electron chi connectivity index (χ0n) is 11.6. The Morgan fingerprint density at radius 3 is 2.95 bits per heavy atom. The standard InChI is InChI=1S/C15H20N4/c1-11-7-15(12(8-16-2)9-17-11)19-10-18-13-5-3-4-6-14(13)19/h7,9-10,16H,3-6,8H2,1-2H3. The lowest BCUT2D eigenvalue weighted by molar-refractivity contribution is 0.654. The molecule has 0 aromatic carbocycles. The topological polar surface area (TPSA) is 42.7 Å². The van der Waals surface area contributed by atoms with Gasteiger partial charge in [-0.2, -0.15) is 0 Å². The van der Waals surface area contributed by atoms with Gasteiger partial charge in [0.15, 0.2) is 0 Å². The normalized spacial score (nSPS) is 14.4. The van der Waals surface area contributed by atoms with E-state index in [0.717, 1.165) is 25.1 Å². The van der Waals surface area contributed by atoms with Gasteiger partial charge in [0.1, 0.15) is 0 Å². The molecule has 2 heterocycles. The Kier molecular flexibility index (Phi) is 3.34. The van der Waals surface area contributed by atoms with Gasteiger partial charge >= 0.3 is 0 Å². The van der Waals surface area contributed by atoms with Crippen LogP contribution in [-0.2, 0) is 19.4 Å². The lowest BCUT2D eigenvalue weighted by Gasteiger charge is -2.17. The van der Waals surface area contributed by atoms with E-state index in [1.165, 1.54) is 35.5 Å². The molecule has 19 heavy (non-hydrogen) atoms. The van der Waals surface area contributed by atoms with Crippen molar-refractivity contribution < 1.29 is 0 Å². The van der Waals surface area contributed by atoms with Gasteiger partial charge < -0.3 is 9.88 Å². The Morgan fingerprint density at radius 2 is 2.11 bits per heavy atom. The molecule has 0 amide bonds. The van der Waals surface area contributed by atoms with Crippen LogP contribution in [0, 0.1) is 6.92 Å². The molecule has 0 spiro atoms. The number of nitrogens with zero attached hydrogens (tertiary/aromatic N) is 3. The number of fused-ring (bicyclic) bond motifs is 1. The number of aromatic nitrogens is 3. The first-order valence-corrected chi connectivity index (χ1v) is 6.95. The number of rotatable bonds is 3. The molecule has 0 bridgehead atoms. The van der Waals surface area contributed by atoms with Crippen molar-refractivity contribution in [1.29, 1.82) is 0 Å². The maximum atomic E-state index is 4.59. The second-order valence-corrected chi connectivity index (χ2v) is 5.20. The van der Waals surface area contributed by atoms with Crippen molar-refractivity contribution in [3.05, 3.63) is 41.2 Å². The average molecular weight is 256 g/mol. The van der Waals surface area contributed by atoms with E-state index in [2.05, 4.69) is 25.9 Å². The zero-order chi connectivity index (χ0) is 13.2. The molecular formula is C15H20N4. The molecule has 1 aliphatic carbocycles. The molecule has 0 saturated carbocycles. The summed E-state index contributed by atoms with van der Waals surface area (Å²) in [6, 6.07) is 2.16. The van der Waals surface area contributed by atoms with E-state index >= 15 is 0 Å². The molecule has 2 aromatic heterocycles. The van der Waals surface area contributed by atoms with Crippen molar-refractivity contribution in [2.75, 3.05) is 7.05 Å². The molecule has 1 aliphatic rings. The lowest BCUT2D eigenvalue weighted by Crippen LogP contribution is -2.12. The average Bonchev–Trinajstić information content (AvgIpc) is 2.85. The van der Waals surface area contributed by atoms with Crippen LogP contribution in [0.25, 0.3) is 5.69 Å². The molecule has 100 valence electrons. The van der Waals surface area contributed by atoms with Crippen molar-refractivity contribution in [2.24, 2.45) is 0 Å². The fraction of sp³-hybridized carbons (Fsp3) is 0.467. The van der Waals surface area contributed by atoms with Crippen LogP contribution in [0.4, 0.5) is 0 Å². The molecule has 4 heteroatoms. The van der Waals surface area contributed by atoms with Gasteiger partial charge in [0.25, 0.3) is 0 Å². The first-order valence-electron chi connectivity index (χ1n) is 6.95. The molecule has 0 unspecified atom stereocenters. The van der Waals surface area contributed by atoms with Crippen molar-refractivity contribution in [1.82, 2.24) is 19.9 Å². The summed E-state index contributed by atoms with van der Waals surface area (Å²) in [5.41, 5.74) is 6.15. The molecule has 0 saturated heterocycles. The van der Waals surface area contributed by atoms with Crippen molar-refractivity contribution in [3.63, 3.8) is 0 Å². The minimum Gasteiger partial charge on any atom is -0.316 e. The predicted octanol–water partition coefficient (Wildman–Crippen LogP) is 2.17. The van der Waals surface area contributed by atoms with Crippen LogP contribution in [0.2, 0.25) is 0 Å². The summed E-state index contributed by atoms with van der Waals surface area (Å²) in [7, 11) is 1.97. The van der Waals surface area contributed by atoms with Gasteiger partial charge in [0.05, 0.1) is 17.7 Å². The van der Waals surface area contributed by atoms with E-state index in [4.69, 9.17) is 0 Å². The second-order valence-electron chi connectivity index (χ2n) is 5.20. The highest BCUT2D eigenvalue weighted by Gasteiger charge is 2.17. The summed E-state index contributed by atoms with van der Waals surface area (Å²) in [4.78, 5) is 8.99. The summed E-state index contributed by atoms with van der Waals surface area (Å²) in [5.74, 6) is 0. The van der Waals surface area contributed by atoms with Crippen molar-refractivity contribution in [3.8, 4) is 5.69 Å². The van der Waals surface area contributed by atoms with Gasteiger partial charge in [0, 0.05) is 29.7 Å². The Balaban J connectivity index is 2.10. The minimum absolute atomic E-state index is 0.829. The third-order valence-corrected chi connectivity index (χ3v) is 3.76. The maximum absolute atomic E-state index is 4.59. The molecule has 2 aromatic rings. The number of hydrogen-bond donors (Lipinski definition) is 1. The molecule has 1 N–H and O–H groups in total. The Morgan fingerprint density at radius 1 is 1.26 bits per heavy atom. The molecule has 3 rings (SSSR count). The van der Waals surface area contributed by atoms with E-state index in [9.17, 15) is 0 Å². The number of imidazole rings is 1. The molecule has 0 radical (unpaired) electrons. The number of pyridine rings is 1. The molecule has 0 fully saturated rings. The Labute approximate surface area is 113 Å². The van der Waals surface area contributed by atoms with Gasteiger partial charge in [-0.3, -0.25) is 4.98 Å². The van der Waals surface area contributed by atoms with Crippen molar-refractivity contribution in [2.45, 2.75) is 39.2 Å². The van der Waals surface area contributed by atoms with Crippen LogP contribution < -0.4 is 5.32 Å². The van der Waals surface area contributed by atoms with E-state index in [1.54, 1.807) is 0 Å². The third kappa shape index (κ3) is 2.28. The first kappa shape index (κ1) is 12.4. The summed E-state index contributed by atoms with van der Waals surface area (Å²) < 4.78 is 2.26. The minimum atomic E-state index is 0.829. The van der Waals surface area contributed by atoms with Crippen LogP contribution in [-0.4, -0.2) is 21.6 Å². The van der Waals surface area contributed by atoms with Crippen molar-refractivity contribution >= 4 is 0 Å². The monoisotopic (exact) mass is 256 g/mol. The molecule has 0 aliphatic heterocycles. The van der Waals surface area contributed by atoms with Gasteiger partial charge in [-0.05, 0) is 45.7 Å². The summed E-state index contributed by atoms with van der Waals surface area (Å²) in [6.45, 7) is 2.87. The second kappa shape index (κ2) is 5.13. The van der Waals surface area contributed by atoms with Crippen LogP contribution in [0.5, 0.6) is 0 Å². The van der Waals surface area contributed by atoms with E-state index < -0.39 is 0 Å². The summed E-state index contributed by atoms with van der Waals surface area (Å²) in [5, 5.41) is 3.21. The SMILES string of the molecule is CNCc1cnc(C)cc1-n1cnc2c1CCCC2. The molecule has 0 atom stereocenters. The zero-order valence-corrected chi connectivity index (χ0v) is 11.6. The number of nitrogens with one attached hydrogen (secondary N) is 1. The maximum Gasteiger partial charge on any atom is 0.0997 e. The summed E-state index contributed by atoms with van der Waals surface area (Å²) >= 11 is 0. The van der Waals surface area contributed by atoms with Crippen LogP contribution in [0.1, 0.15) is 35.5 Å². The first-order chi connectivity index (χ1) is 9.29. The quantitative estimate of drug-likeness (QED) is 0.915. The predicted molar refractivity (Wildman–Crippen MR) is 75.5 cm³/mol. The van der Waals surface area contributed by atoms with Crippen LogP contribution in [0.15, 0.2) is 18.6 Å². The highest BCUT2D eigenvalue weighted by Crippen LogP contribution is 2.25. The van der Waals surface area contributed by atoms with Crippen LogP contribution in [0.3, 0.4) is 0 Å². The highest BCUT2D eigenvalue weighted by atomic mass is 15.1. The van der Waals surface area contributed by atoms with Gasteiger partial charge in [-0.25, -0.2) is 4.98 Å². The lowest BCUT2D eigenvalue weighted by atomic mass is 10.0. The van der Waals surface area contributed by atoms with Crippen LogP contribution >= 0.6 is 0 Å². The largest absolute Gasteiger partial charge is 0.316 e. The highest BCUT2D eigenvalue weighted by molar-refractivity contribution is 5.43. The van der Waals surface area contributed by atoms with E-state index in [-0.39, 0.29) is 0 Å². The molecular weight excluding hydrogens is 236 g/mol. The Hall–Kier alpha value is -1.68. The smallest absolute Gasteiger partial charge is 0.0997 e. The fourth-order valence-electron chi connectivity index (χ4n) is 2.80. The summed E-state index contributed by atoms with van der Waals surface area (Å²) in [6.07, 6.45) is 8.73. The fourth-order valence-corrected chi connectivity index (χ4v) is 2.80. The third-order valence-electron chi connectivity index (χ3n) is 3.76. The number of aryl methyl sites for hydroxylation is 2. The van der Waals surface area contributed by atoms with Gasteiger partial charge in [-0.1, -0.05) is 0 Å². The van der Waals surface area contributed by atoms with E-state index in [1.807, 2.05) is 26.5 Å². The Bertz CT molecular complexity index is 586.